The van der Waals surface area contributed by atoms with Crippen molar-refractivity contribution in [2.24, 2.45) is 0 Å². The van der Waals surface area contributed by atoms with E-state index >= 15 is 0 Å². The Labute approximate surface area is 177 Å². The second kappa shape index (κ2) is 10.6. The lowest BCUT2D eigenvalue weighted by atomic mass is 10.0. The Bertz CT molecular complexity index is 853. The Morgan fingerprint density at radius 2 is 1.73 bits per heavy atom. The zero-order valence-corrected chi connectivity index (χ0v) is 17.5. The molecule has 1 atom stereocenters. The first-order chi connectivity index (χ1) is 14.6. The maximum absolute atomic E-state index is 12.3. The predicted octanol–water partition coefficient (Wildman–Crippen LogP) is 2.21. The van der Waals surface area contributed by atoms with Crippen LogP contribution in [0.4, 0.5) is 0 Å². The van der Waals surface area contributed by atoms with E-state index in [-0.39, 0.29) is 31.2 Å². The van der Waals surface area contributed by atoms with Crippen molar-refractivity contribution in [3.8, 4) is 11.5 Å². The van der Waals surface area contributed by atoms with Crippen LogP contribution in [0.25, 0.3) is 0 Å². The molecular weight excluding hydrogens is 382 g/mol. The van der Waals surface area contributed by atoms with Gasteiger partial charge in [0, 0.05) is 18.2 Å². The van der Waals surface area contributed by atoms with Crippen LogP contribution < -0.4 is 20.1 Å². The van der Waals surface area contributed by atoms with Crippen molar-refractivity contribution in [2.45, 2.75) is 26.3 Å². The molecule has 2 aromatic carbocycles. The van der Waals surface area contributed by atoms with E-state index in [4.69, 9.17) is 9.47 Å². The minimum atomic E-state index is -0.326. The number of rotatable bonds is 10. The molecule has 2 aromatic rings. The molecule has 0 aromatic heterocycles. The van der Waals surface area contributed by atoms with Crippen LogP contribution in [0, 0.1) is 0 Å². The number of hydrogen-bond donors (Lipinski definition) is 2. The number of ether oxygens (including phenoxy) is 2. The molecule has 0 fully saturated rings. The molecule has 160 valence electrons. The summed E-state index contributed by atoms with van der Waals surface area (Å²) in [5.41, 5.74) is 1.66. The van der Waals surface area contributed by atoms with Crippen LogP contribution in [-0.2, 0) is 11.2 Å². The smallest absolute Gasteiger partial charge is 0.251 e. The van der Waals surface area contributed by atoms with Crippen molar-refractivity contribution in [1.82, 2.24) is 15.5 Å². The minimum Gasteiger partial charge on any atom is -0.454 e. The molecule has 1 heterocycles. The number of amides is 2. The van der Waals surface area contributed by atoms with Crippen LogP contribution in [0.2, 0.25) is 0 Å². The Kier molecular flexibility index (Phi) is 7.68. The quantitative estimate of drug-likeness (QED) is 0.627. The maximum Gasteiger partial charge on any atom is 0.251 e. The van der Waals surface area contributed by atoms with E-state index in [2.05, 4.69) is 41.5 Å². The molecule has 0 radical (unpaired) electrons. The molecule has 0 bridgehead atoms. The molecule has 2 N–H and O–H groups in total. The van der Waals surface area contributed by atoms with Gasteiger partial charge in [-0.1, -0.05) is 44.2 Å². The van der Waals surface area contributed by atoms with Gasteiger partial charge in [-0.15, -0.1) is 0 Å². The Hall–Kier alpha value is -3.06. The molecule has 1 aliphatic rings. The summed E-state index contributed by atoms with van der Waals surface area (Å²) in [6, 6.07) is 15.4. The SMILES string of the molecule is CCN(CC)[C@H](CNC(=O)CNC(=O)c1ccc2c(c1)OCO2)Cc1ccccc1. The van der Waals surface area contributed by atoms with Crippen LogP contribution in [0.5, 0.6) is 11.5 Å². The first-order valence-corrected chi connectivity index (χ1v) is 10.3. The Balaban J connectivity index is 1.50. The molecular formula is C23H29N3O4. The first-order valence-electron chi connectivity index (χ1n) is 10.3. The van der Waals surface area contributed by atoms with Gasteiger partial charge in [0.15, 0.2) is 11.5 Å². The van der Waals surface area contributed by atoms with Crippen molar-refractivity contribution in [3.63, 3.8) is 0 Å². The second-order valence-corrected chi connectivity index (χ2v) is 7.12. The van der Waals surface area contributed by atoms with Gasteiger partial charge in [-0.2, -0.15) is 0 Å². The van der Waals surface area contributed by atoms with Crippen LogP contribution in [0.1, 0.15) is 29.8 Å². The highest BCUT2D eigenvalue weighted by Crippen LogP contribution is 2.32. The standard InChI is InChI=1S/C23H29N3O4/c1-3-26(4-2)19(12-17-8-6-5-7-9-17)14-24-22(27)15-25-23(28)18-10-11-20-21(13-18)30-16-29-20/h5-11,13,19H,3-4,12,14-16H2,1-2H3,(H,24,27)(H,25,28)/t19-/m0/s1. The molecule has 7 nitrogen and oxygen atoms in total. The number of benzene rings is 2. The van der Waals surface area contributed by atoms with Gasteiger partial charge in [0.2, 0.25) is 12.7 Å². The summed E-state index contributed by atoms with van der Waals surface area (Å²) in [5, 5.41) is 5.62. The van der Waals surface area contributed by atoms with Gasteiger partial charge in [0.25, 0.3) is 5.91 Å². The lowest BCUT2D eigenvalue weighted by Crippen LogP contribution is -2.47. The molecule has 0 aliphatic carbocycles. The summed E-state index contributed by atoms with van der Waals surface area (Å²) >= 11 is 0. The number of nitrogens with one attached hydrogen (secondary N) is 2. The molecule has 3 rings (SSSR count). The monoisotopic (exact) mass is 411 g/mol. The average Bonchev–Trinajstić information content (AvgIpc) is 3.25. The number of nitrogens with zero attached hydrogens (tertiary/aromatic N) is 1. The fourth-order valence-electron chi connectivity index (χ4n) is 3.55. The first kappa shape index (κ1) is 21.6. The van der Waals surface area contributed by atoms with Crippen molar-refractivity contribution in [3.05, 3.63) is 59.7 Å². The zero-order chi connectivity index (χ0) is 21.3. The molecule has 0 saturated carbocycles. The van der Waals surface area contributed by atoms with E-state index in [0.717, 1.165) is 19.5 Å². The summed E-state index contributed by atoms with van der Waals surface area (Å²) in [4.78, 5) is 27.0. The summed E-state index contributed by atoms with van der Waals surface area (Å²) in [7, 11) is 0. The fraction of sp³-hybridized carbons (Fsp3) is 0.391. The van der Waals surface area contributed by atoms with Gasteiger partial charge in [0.1, 0.15) is 0 Å². The van der Waals surface area contributed by atoms with Crippen LogP contribution in [0.3, 0.4) is 0 Å². The average molecular weight is 412 g/mol. The highest BCUT2D eigenvalue weighted by atomic mass is 16.7. The molecule has 1 aliphatic heterocycles. The van der Waals surface area contributed by atoms with E-state index in [1.54, 1.807) is 18.2 Å². The van der Waals surface area contributed by atoms with Gasteiger partial charge >= 0.3 is 0 Å². The van der Waals surface area contributed by atoms with Crippen molar-refractivity contribution in [2.75, 3.05) is 33.0 Å². The third-order valence-corrected chi connectivity index (χ3v) is 5.22. The van der Waals surface area contributed by atoms with E-state index in [1.165, 1.54) is 5.56 Å². The topological polar surface area (TPSA) is 79.9 Å². The Morgan fingerprint density at radius 1 is 1.00 bits per heavy atom. The number of hydrogen-bond acceptors (Lipinski definition) is 5. The fourth-order valence-corrected chi connectivity index (χ4v) is 3.55. The van der Waals surface area contributed by atoms with Crippen molar-refractivity contribution >= 4 is 11.8 Å². The zero-order valence-electron chi connectivity index (χ0n) is 17.5. The van der Waals surface area contributed by atoms with E-state index in [0.29, 0.717) is 23.6 Å². The third kappa shape index (κ3) is 5.73. The largest absolute Gasteiger partial charge is 0.454 e. The highest BCUT2D eigenvalue weighted by Gasteiger charge is 2.19. The summed E-state index contributed by atoms with van der Waals surface area (Å²) in [5.74, 6) is 0.613. The van der Waals surface area contributed by atoms with Crippen molar-refractivity contribution < 1.29 is 19.1 Å². The van der Waals surface area contributed by atoms with Crippen LogP contribution >= 0.6 is 0 Å². The number of carbonyl (C=O) groups excluding carboxylic acids is 2. The van der Waals surface area contributed by atoms with Gasteiger partial charge < -0.3 is 20.1 Å². The maximum atomic E-state index is 12.3. The molecule has 0 spiro atoms. The molecule has 30 heavy (non-hydrogen) atoms. The van der Waals surface area contributed by atoms with E-state index in [9.17, 15) is 9.59 Å². The molecule has 2 amide bonds. The highest BCUT2D eigenvalue weighted by molar-refractivity contribution is 5.97. The number of fused-ring (bicyclic) bond motifs is 1. The summed E-state index contributed by atoms with van der Waals surface area (Å²) in [6.45, 7) is 6.65. The van der Waals surface area contributed by atoms with Gasteiger partial charge in [-0.3, -0.25) is 14.5 Å². The summed E-state index contributed by atoms with van der Waals surface area (Å²) < 4.78 is 10.5. The van der Waals surface area contributed by atoms with E-state index < -0.39 is 0 Å². The van der Waals surface area contributed by atoms with Gasteiger partial charge in [-0.05, 0) is 43.3 Å². The summed E-state index contributed by atoms with van der Waals surface area (Å²) in [6.07, 6.45) is 0.854. The normalized spacial score (nSPS) is 13.2. The number of likely N-dealkylation sites (N-methyl/N-ethyl adjacent to an activating group) is 1. The Morgan fingerprint density at radius 3 is 2.47 bits per heavy atom. The molecule has 0 saturated heterocycles. The molecule has 0 unspecified atom stereocenters. The van der Waals surface area contributed by atoms with Crippen molar-refractivity contribution in [1.29, 1.82) is 0 Å². The lowest BCUT2D eigenvalue weighted by molar-refractivity contribution is -0.120. The van der Waals surface area contributed by atoms with Crippen LogP contribution in [-0.4, -0.2) is 55.7 Å². The van der Waals surface area contributed by atoms with E-state index in [1.807, 2.05) is 18.2 Å². The molecule has 7 heteroatoms. The van der Waals surface area contributed by atoms with Gasteiger partial charge in [0.05, 0.1) is 6.54 Å². The van der Waals surface area contributed by atoms with Gasteiger partial charge in [-0.25, -0.2) is 0 Å². The minimum absolute atomic E-state index is 0.0798. The van der Waals surface area contributed by atoms with Crippen LogP contribution in [0.15, 0.2) is 48.5 Å². The predicted molar refractivity (Wildman–Crippen MR) is 115 cm³/mol. The lowest BCUT2D eigenvalue weighted by Gasteiger charge is -2.30. The second-order valence-electron chi connectivity index (χ2n) is 7.12. The number of carbonyl (C=O) groups is 2. The third-order valence-electron chi connectivity index (χ3n) is 5.22.